The number of hydrogen-bond donors (Lipinski definition) is 1. The fourth-order valence-electron chi connectivity index (χ4n) is 1.43. The van der Waals surface area contributed by atoms with Gasteiger partial charge in [0.25, 0.3) is 11.6 Å². The fraction of sp³-hybridized carbons (Fsp3) is 0. The van der Waals surface area contributed by atoms with E-state index in [0.717, 1.165) is 4.47 Å². The van der Waals surface area contributed by atoms with Gasteiger partial charge >= 0.3 is 0 Å². The summed E-state index contributed by atoms with van der Waals surface area (Å²) in [7, 11) is 0. The molecule has 8 heteroatoms. The van der Waals surface area contributed by atoms with Crippen LogP contribution in [-0.4, -0.2) is 15.8 Å². The van der Waals surface area contributed by atoms with Crippen LogP contribution >= 0.6 is 38.5 Å². The standard InChI is InChI=1S/C12H7BrIN3O3/c13-7-1-4-11(15-6-7)16-12(18)9-5-8(17(19)20)2-3-10(9)14/h1-6H,(H,15,16,18). The molecule has 0 unspecified atom stereocenters. The molecule has 0 atom stereocenters. The SMILES string of the molecule is O=C(Nc1ccc(Br)cn1)c1cc([N+](=O)[O-])ccc1I. The van der Waals surface area contributed by atoms with E-state index in [0.29, 0.717) is 9.39 Å². The van der Waals surface area contributed by atoms with E-state index in [1.165, 1.54) is 18.2 Å². The molecule has 0 fully saturated rings. The molecule has 0 saturated heterocycles. The summed E-state index contributed by atoms with van der Waals surface area (Å²) in [5, 5.41) is 13.3. The van der Waals surface area contributed by atoms with Gasteiger partial charge in [0.1, 0.15) is 5.82 Å². The van der Waals surface area contributed by atoms with Crippen LogP contribution in [0.2, 0.25) is 0 Å². The first-order valence-electron chi connectivity index (χ1n) is 5.34. The molecule has 0 saturated carbocycles. The van der Waals surface area contributed by atoms with Crippen LogP contribution in [0, 0.1) is 13.7 Å². The van der Waals surface area contributed by atoms with Crippen molar-refractivity contribution in [2.75, 3.05) is 5.32 Å². The van der Waals surface area contributed by atoms with Gasteiger partial charge < -0.3 is 5.32 Å². The number of halogens is 2. The Hall–Kier alpha value is -1.55. The van der Waals surface area contributed by atoms with Gasteiger partial charge in [-0.05, 0) is 56.7 Å². The summed E-state index contributed by atoms with van der Waals surface area (Å²) in [4.78, 5) is 26.3. The van der Waals surface area contributed by atoms with Gasteiger partial charge in [-0.25, -0.2) is 4.98 Å². The third-order valence-electron chi connectivity index (χ3n) is 2.37. The third-order valence-corrected chi connectivity index (χ3v) is 3.78. The molecule has 2 rings (SSSR count). The smallest absolute Gasteiger partial charge is 0.270 e. The maximum Gasteiger partial charge on any atom is 0.270 e. The zero-order valence-electron chi connectivity index (χ0n) is 9.84. The van der Waals surface area contributed by atoms with Crippen LogP contribution in [0.25, 0.3) is 0 Å². The Morgan fingerprint density at radius 1 is 1.35 bits per heavy atom. The number of nitro benzene ring substituents is 1. The zero-order chi connectivity index (χ0) is 14.7. The van der Waals surface area contributed by atoms with Crippen molar-refractivity contribution in [3.8, 4) is 0 Å². The van der Waals surface area contributed by atoms with Crippen molar-refractivity contribution in [1.82, 2.24) is 4.98 Å². The third kappa shape index (κ3) is 3.51. The number of carbonyl (C=O) groups excluding carboxylic acids is 1. The van der Waals surface area contributed by atoms with Gasteiger partial charge in [0.15, 0.2) is 0 Å². The number of nitro groups is 1. The van der Waals surface area contributed by atoms with Crippen molar-refractivity contribution in [3.63, 3.8) is 0 Å². The molecular weight excluding hydrogens is 441 g/mol. The molecule has 1 aromatic carbocycles. The minimum Gasteiger partial charge on any atom is -0.307 e. The second-order valence-electron chi connectivity index (χ2n) is 3.74. The highest BCUT2D eigenvalue weighted by Crippen LogP contribution is 2.20. The van der Waals surface area contributed by atoms with Crippen molar-refractivity contribution in [2.24, 2.45) is 0 Å². The Bertz CT molecular complexity index is 676. The molecule has 1 amide bonds. The second kappa shape index (κ2) is 6.27. The van der Waals surface area contributed by atoms with Gasteiger partial charge in [-0.1, -0.05) is 0 Å². The Balaban J connectivity index is 2.26. The highest BCUT2D eigenvalue weighted by atomic mass is 127. The average molecular weight is 448 g/mol. The number of carbonyl (C=O) groups is 1. The highest BCUT2D eigenvalue weighted by Gasteiger charge is 2.15. The summed E-state index contributed by atoms with van der Waals surface area (Å²) in [6, 6.07) is 7.50. The highest BCUT2D eigenvalue weighted by molar-refractivity contribution is 14.1. The van der Waals surface area contributed by atoms with Gasteiger partial charge in [-0.15, -0.1) is 0 Å². The van der Waals surface area contributed by atoms with Crippen LogP contribution < -0.4 is 5.32 Å². The summed E-state index contributed by atoms with van der Waals surface area (Å²) < 4.78 is 1.42. The molecule has 20 heavy (non-hydrogen) atoms. The number of aromatic nitrogens is 1. The zero-order valence-corrected chi connectivity index (χ0v) is 13.6. The number of nitrogens with one attached hydrogen (secondary N) is 1. The largest absolute Gasteiger partial charge is 0.307 e. The lowest BCUT2D eigenvalue weighted by atomic mass is 10.2. The molecule has 0 aliphatic rings. The van der Waals surface area contributed by atoms with E-state index in [1.54, 1.807) is 18.3 Å². The number of amides is 1. The maximum atomic E-state index is 12.1. The maximum absolute atomic E-state index is 12.1. The molecule has 102 valence electrons. The Morgan fingerprint density at radius 3 is 2.70 bits per heavy atom. The lowest BCUT2D eigenvalue weighted by Gasteiger charge is -2.06. The first-order chi connectivity index (χ1) is 9.47. The molecular formula is C12H7BrIN3O3. The monoisotopic (exact) mass is 447 g/mol. The molecule has 0 aliphatic heterocycles. The van der Waals surface area contributed by atoms with E-state index < -0.39 is 10.8 Å². The number of nitrogens with zero attached hydrogens (tertiary/aromatic N) is 2. The molecule has 6 nitrogen and oxygen atoms in total. The minimum atomic E-state index is -0.537. The number of anilines is 1. The van der Waals surface area contributed by atoms with E-state index in [2.05, 4.69) is 26.2 Å². The van der Waals surface area contributed by atoms with Gasteiger partial charge in [-0.2, -0.15) is 0 Å². The predicted molar refractivity (Wildman–Crippen MR) is 85.7 cm³/mol. The van der Waals surface area contributed by atoms with E-state index in [1.807, 2.05) is 22.6 Å². The van der Waals surface area contributed by atoms with E-state index >= 15 is 0 Å². The topological polar surface area (TPSA) is 85.1 Å². The first-order valence-corrected chi connectivity index (χ1v) is 7.21. The van der Waals surface area contributed by atoms with Crippen molar-refractivity contribution in [3.05, 3.63) is 60.2 Å². The number of pyridine rings is 1. The molecule has 1 aromatic heterocycles. The Morgan fingerprint density at radius 2 is 2.10 bits per heavy atom. The minimum absolute atomic E-state index is 0.126. The van der Waals surface area contributed by atoms with E-state index in [9.17, 15) is 14.9 Å². The van der Waals surface area contributed by atoms with E-state index in [-0.39, 0.29) is 11.3 Å². The van der Waals surface area contributed by atoms with Gasteiger partial charge in [-0.3, -0.25) is 14.9 Å². The number of rotatable bonds is 3. The molecule has 1 N–H and O–H groups in total. The predicted octanol–water partition coefficient (Wildman–Crippen LogP) is 3.61. The van der Waals surface area contributed by atoms with Crippen molar-refractivity contribution in [2.45, 2.75) is 0 Å². The van der Waals surface area contributed by atoms with Crippen LogP contribution in [0.4, 0.5) is 11.5 Å². The summed E-state index contributed by atoms with van der Waals surface area (Å²) in [5.74, 6) is -0.0616. The van der Waals surface area contributed by atoms with Crippen LogP contribution in [-0.2, 0) is 0 Å². The van der Waals surface area contributed by atoms with Crippen LogP contribution in [0.15, 0.2) is 41.0 Å². The molecule has 0 spiro atoms. The number of hydrogen-bond acceptors (Lipinski definition) is 4. The van der Waals surface area contributed by atoms with Crippen molar-refractivity contribution in [1.29, 1.82) is 0 Å². The summed E-state index contributed by atoms with van der Waals surface area (Å²) >= 11 is 5.19. The first kappa shape index (κ1) is 14.9. The van der Waals surface area contributed by atoms with Crippen LogP contribution in [0.3, 0.4) is 0 Å². The molecule has 2 aromatic rings. The summed E-state index contributed by atoms with van der Waals surface area (Å²) in [6.45, 7) is 0. The van der Waals surface area contributed by atoms with Crippen LogP contribution in [0.1, 0.15) is 10.4 Å². The molecule has 0 radical (unpaired) electrons. The van der Waals surface area contributed by atoms with Gasteiger partial charge in [0, 0.05) is 26.4 Å². The van der Waals surface area contributed by atoms with E-state index in [4.69, 9.17) is 0 Å². The Kier molecular flexibility index (Phi) is 4.65. The average Bonchev–Trinajstić information content (AvgIpc) is 2.41. The number of non-ortho nitro benzene ring substituents is 1. The quantitative estimate of drug-likeness (QED) is 0.442. The molecule has 0 bridgehead atoms. The van der Waals surface area contributed by atoms with Crippen LogP contribution in [0.5, 0.6) is 0 Å². The fourth-order valence-corrected chi connectivity index (χ4v) is 2.25. The number of benzene rings is 1. The second-order valence-corrected chi connectivity index (χ2v) is 5.81. The van der Waals surface area contributed by atoms with Crippen molar-refractivity contribution < 1.29 is 9.72 Å². The Labute approximate surface area is 136 Å². The van der Waals surface area contributed by atoms with Gasteiger partial charge in [0.2, 0.25) is 0 Å². The lowest BCUT2D eigenvalue weighted by molar-refractivity contribution is -0.384. The normalized spacial score (nSPS) is 10.1. The molecule has 1 heterocycles. The molecule has 0 aliphatic carbocycles. The summed E-state index contributed by atoms with van der Waals surface area (Å²) in [6.07, 6.45) is 1.55. The van der Waals surface area contributed by atoms with Gasteiger partial charge in [0.05, 0.1) is 10.5 Å². The van der Waals surface area contributed by atoms with Crippen molar-refractivity contribution >= 4 is 55.9 Å². The summed E-state index contributed by atoms with van der Waals surface area (Å²) in [5.41, 5.74) is 0.115. The lowest BCUT2D eigenvalue weighted by Crippen LogP contribution is -2.14.